The van der Waals surface area contributed by atoms with Crippen molar-refractivity contribution >= 4 is 17.5 Å². The molecule has 0 bridgehead atoms. The van der Waals surface area contributed by atoms with Gasteiger partial charge >= 0.3 is 0 Å². The predicted octanol–water partition coefficient (Wildman–Crippen LogP) is 0.489. The minimum Gasteiger partial charge on any atom is -0.343 e. The number of benzene rings is 1. The zero-order valence-electron chi connectivity index (χ0n) is 8.13. The van der Waals surface area contributed by atoms with Gasteiger partial charge in [-0.1, -0.05) is 5.92 Å². The summed E-state index contributed by atoms with van der Waals surface area (Å²) in [5.74, 6) is 0.700. The molecule has 0 saturated carbocycles. The van der Waals surface area contributed by atoms with E-state index in [0.29, 0.717) is 0 Å². The molecule has 0 radical (unpaired) electrons. The SMILES string of the molecule is C#Cc1cc(F)cc2c1NC(=O)CNC2=O. The monoisotopic (exact) mass is 218 g/mol. The molecule has 0 aromatic heterocycles. The summed E-state index contributed by atoms with van der Waals surface area (Å²) in [5, 5.41) is 4.81. The Morgan fingerprint density at radius 1 is 1.38 bits per heavy atom. The number of nitrogens with one attached hydrogen (secondary N) is 2. The lowest BCUT2D eigenvalue weighted by molar-refractivity contribution is -0.115. The molecular formula is C11H7FN2O2. The second kappa shape index (κ2) is 3.66. The van der Waals surface area contributed by atoms with Gasteiger partial charge in [0.25, 0.3) is 5.91 Å². The zero-order chi connectivity index (χ0) is 11.7. The van der Waals surface area contributed by atoms with E-state index in [1.54, 1.807) is 0 Å². The van der Waals surface area contributed by atoms with Crippen molar-refractivity contribution in [1.29, 1.82) is 0 Å². The van der Waals surface area contributed by atoms with Gasteiger partial charge in [-0.2, -0.15) is 0 Å². The molecule has 1 aromatic carbocycles. The largest absolute Gasteiger partial charge is 0.343 e. The number of carbonyl (C=O) groups excluding carboxylic acids is 2. The molecule has 0 spiro atoms. The van der Waals surface area contributed by atoms with Crippen LogP contribution in [0.3, 0.4) is 0 Å². The van der Waals surface area contributed by atoms with E-state index in [0.717, 1.165) is 12.1 Å². The Bertz CT molecular complexity index is 532. The summed E-state index contributed by atoms with van der Waals surface area (Å²) in [7, 11) is 0. The lowest BCUT2D eigenvalue weighted by Gasteiger charge is -2.07. The maximum atomic E-state index is 13.2. The summed E-state index contributed by atoms with van der Waals surface area (Å²) in [6.45, 7) is -0.154. The second-order valence-electron chi connectivity index (χ2n) is 3.25. The fourth-order valence-corrected chi connectivity index (χ4v) is 1.47. The number of fused-ring (bicyclic) bond motifs is 1. The van der Waals surface area contributed by atoms with Crippen molar-refractivity contribution in [3.8, 4) is 12.3 Å². The van der Waals surface area contributed by atoms with Gasteiger partial charge in [-0.25, -0.2) is 4.39 Å². The lowest BCUT2D eigenvalue weighted by Crippen LogP contribution is -2.28. The molecule has 0 saturated heterocycles. The molecule has 1 aromatic rings. The minimum absolute atomic E-state index is 0.0406. The van der Waals surface area contributed by atoms with Gasteiger partial charge < -0.3 is 10.6 Å². The first-order valence-corrected chi connectivity index (χ1v) is 4.50. The molecule has 5 heteroatoms. The number of rotatable bonds is 0. The van der Waals surface area contributed by atoms with Crippen molar-refractivity contribution in [2.45, 2.75) is 0 Å². The number of hydrogen-bond donors (Lipinski definition) is 2. The Morgan fingerprint density at radius 2 is 2.12 bits per heavy atom. The van der Waals surface area contributed by atoms with Gasteiger partial charge in [0, 0.05) is 0 Å². The first kappa shape index (κ1) is 10.2. The quantitative estimate of drug-likeness (QED) is 0.622. The van der Waals surface area contributed by atoms with Crippen molar-refractivity contribution in [1.82, 2.24) is 5.32 Å². The highest BCUT2D eigenvalue weighted by Gasteiger charge is 2.22. The average Bonchev–Trinajstić information content (AvgIpc) is 2.39. The van der Waals surface area contributed by atoms with Crippen molar-refractivity contribution in [3.63, 3.8) is 0 Å². The van der Waals surface area contributed by atoms with E-state index in [-0.39, 0.29) is 23.4 Å². The number of amides is 2. The first-order valence-electron chi connectivity index (χ1n) is 4.50. The Morgan fingerprint density at radius 3 is 2.81 bits per heavy atom. The predicted molar refractivity (Wildman–Crippen MR) is 55.3 cm³/mol. The molecule has 0 unspecified atom stereocenters. The van der Waals surface area contributed by atoms with Crippen molar-refractivity contribution in [2.24, 2.45) is 0 Å². The Hall–Kier alpha value is -2.35. The van der Waals surface area contributed by atoms with Crippen LogP contribution in [0.1, 0.15) is 15.9 Å². The Balaban J connectivity index is 2.68. The smallest absolute Gasteiger partial charge is 0.253 e. The molecule has 16 heavy (non-hydrogen) atoms. The third kappa shape index (κ3) is 1.61. The maximum Gasteiger partial charge on any atom is 0.253 e. The molecule has 2 rings (SSSR count). The summed E-state index contributed by atoms with van der Waals surface area (Å²) in [4.78, 5) is 22.8. The molecule has 0 atom stereocenters. The first-order chi connectivity index (χ1) is 7.61. The third-order valence-electron chi connectivity index (χ3n) is 2.18. The van der Waals surface area contributed by atoms with E-state index >= 15 is 0 Å². The van der Waals surface area contributed by atoms with Crippen LogP contribution in [0.4, 0.5) is 10.1 Å². The van der Waals surface area contributed by atoms with E-state index < -0.39 is 17.6 Å². The third-order valence-corrected chi connectivity index (χ3v) is 2.18. The number of terminal acetylenes is 1. The van der Waals surface area contributed by atoms with Crippen LogP contribution in [0.2, 0.25) is 0 Å². The number of carbonyl (C=O) groups is 2. The maximum absolute atomic E-state index is 13.2. The molecular weight excluding hydrogens is 211 g/mol. The highest BCUT2D eigenvalue weighted by atomic mass is 19.1. The highest BCUT2D eigenvalue weighted by molar-refractivity contribution is 6.09. The molecule has 1 aliphatic heterocycles. The highest BCUT2D eigenvalue weighted by Crippen LogP contribution is 2.23. The van der Waals surface area contributed by atoms with Crippen LogP contribution >= 0.6 is 0 Å². The van der Waals surface area contributed by atoms with Crippen molar-refractivity contribution < 1.29 is 14.0 Å². The molecule has 80 valence electrons. The lowest BCUT2D eigenvalue weighted by atomic mass is 10.1. The van der Waals surface area contributed by atoms with E-state index in [1.807, 2.05) is 0 Å². The summed E-state index contributed by atoms with van der Waals surface area (Å²) in [5.41, 5.74) is 0.378. The van der Waals surface area contributed by atoms with Gasteiger partial charge in [0.1, 0.15) is 5.82 Å². The van der Waals surface area contributed by atoms with Crippen molar-refractivity contribution in [3.05, 3.63) is 29.1 Å². The van der Waals surface area contributed by atoms with Gasteiger partial charge in [0.2, 0.25) is 5.91 Å². The standard InChI is InChI=1S/C11H7FN2O2/c1-2-6-3-7(12)4-8-10(6)14-9(15)5-13-11(8)16/h1,3-4H,5H2,(H,13,16)(H,14,15). The van der Waals surface area contributed by atoms with Gasteiger partial charge in [-0.15, -0.1) is 6.42 Å². The molecule has 1 aliphatic rings. The van der Waals surface area contributed by atoms with Gasteiger partial charge in [-0.3, -0.25) is 9.59 Å². The van der Waals surface area contributed by atoms with E-state index in [9.17, 15) is 14.0 Å². The van der Waals surface area contributed by atoms with Crippen LogP contribution in [0.25, 0.3) is 0 Å². The minimum atomic E-state index is -0.613. The molecule has 0 aliphatic carbocycles. The molecule has 0 fully saturated rings. The fourth-order valence-electron chi connectivity index (χ4n) is 1.47. The van der Waals surface area contributed by atoms with Crippen LogP contribution in [0.15, 0.2) is 12.1 Å². The summed E-state index contributed by atoms with van der Waals surface area (Å²) < 4.78 is 13.2. The van der Waals surface area contributed by atoms with Gasteiger partial charge in [0.05, 0.1) is 23.4 Å². The fraction of sp³-hybridized carbons (Fsp3) is 0.0909. The number of halogens is 1. The van der Waals surface area contributed by atoms with Crippen LogP contribution in [-0.4, -0.2) is 18.4 Å². The topological polar surface area (TPSA) is 58.2 Å². The molecule has 1 heterocycles. The van der Waals surface area contributed by atoms with Crippen LogP contribution in [0.5, 0.6) is 0 Å². The van der Waals surface area contributed by atoms with E-state index in [2.05, 4.69) is 16.6 Å². The van der Waals surface area contributed by atoms with Crippen molar-refractivity contribution in [2.75, 3.05) is 11.9 Å². The normalized spacial score (nSPS) is 14.2. The number of anilines is 1. The average molecular weight is 218 g/mol. The Labute approximate surface area is 90.8 Å². The second-order valence-corrected chi connectivity index (χ2v) is 3.25. The number of hydrogen-bond acceptors (Lipinski definition) is 2. The van der Waals surface area contributed by atoms with Crippen LogP contribution in [0, 0.1) is 18.2 Å². The molecule has 2 N–H and O–H groups in total. The van der Waals surface area contributed by atoms with Gasteiger partial charge in [-0.05, 0) is 12.1 Å². The van der Waals surface area contributed by atoms with Gasteiger partial charge in [0.15, 0.2) is 0 Å². The Kier molecular flexibility index (Phi) is 2.33. The van der Waals surface area contributed by atoms with E-state index in [4.69, 9.17) is 6.42 Å². The zero-order valence-corrected chi connectivity index (χ0v) is 8.13. The molecule has 4 nitrogen and oxygen atoms in total. The summed E-state index contributed by atoms with van der Waals surface area (Å²) >= 11 is 0. The van der Waals surface area contributed by atoms with Crippen LogP contribution < -0.4 is 10.6 Å². The van der Waals surface area contributed by atoms with E-state index in [1.165, 1.54) is 0 Å². The van der Waals surface area contributed by atoms with Crippen LogP contribution in [-0.2, 0) is 4.79 Å². The summed E-state index contributed by atoms with van der Waals surface area (Å²) in [6.07, 6.45) is 5.19. The molecule has 2 amide bonds. The summed E-state index contributed by atoms with van der Waals surface area (Å²) in [6, 6.07) is 2.13.